The zero-order chi connectivity index (χ0) is 53.0. The highest BCUT2D eigenvalue weighted by Crippen LogP contribution is 2.76. The van der Waals surface area contributed by atoms with Crippen LogP contribution in [0.1, 0.15) is 113 Å². The van der Waals surface area contributed by atoms with E-state index in [1.165, 1.54) is 34.0 Å². The fourth-order valence-electron chi connectivity index (χ4n) is 16.0. The van der Waals surface area contributed by atoms with Gasteiger partial charge in [0.05, 0.1) is 32.5 Å². The SMILES string of the molecule is COC(=O)[C@@H](OC)[C@H]1C[C@@]2(C)[C@@H](CC[C@]3(C)[C@@H]2CC=C2[C@@H]4CC(C)(C)CC[C@]4(C)CC[C@]23C)[C@@](C)(CO)[C@H]1O[C@@H]1O[C@H](C(=O)O)[C@@H](O)[C@H](O)[C@H]1O[C@@H]1O[C@H](CO)[C@@H](O)[C@H](O)[C@H]1O[C@@H]1O[C@@H](C)[C@H](O)[C@@H](O)[C@H]1O. The van der Waals surface area contributed by atoms with Crippen LogP contribution in [0.4, 0.5) is 0 Å². The molecule has 0 bridgehead atoms. The van der Waals surface area contributed by atoms with E-state index in [0.717, 1.165) is 32.1 Å². The Morgan fingerprint density at radius 1 is 0.708 bits per heavy atom. The van der Waals surface area contributed by atoms with Crippen molar-refractivity contribution in [2.24, 2.45) is 56.2 Å². The van der Waals surface area contributed by atoms with Crippen LogP contribution in [0, 0.1) is 56.2 Å². The van der Waals surface area contributed by atoms with E-state index in [2.05, 4.69) is 47.6 Å². The van der Waals surface area contributed by atoms with Gasteiger partial charge in [0.2, 0.25) is 0 Å². The maximum Gasteiger partial charge on any atom is 0.335 e. The molecule has 20 heteroatoms. The molecule has 72 heavy (non-hydrogen) atoms. The van der Waals surface area contributed by atoms with Crippen molar-refractivity contribution in [1.82, 2.24) is 0 Å². The topological polar surface area (TPSA) is 310 Å². The van der Waals surface area contributed by atoms with Gasteiger partial charge in [-0.15, -0.1) is 0 Å². The molecule has 0 amide bonds. The number of methoxy groups -OCH3 is 2. The zero-order valence-electron chi connectivity index (χ0n) is 43.5. The molecule has 412 valence electrons. The van der Waals surface area contributed by atoms with Gasteiger partial charge in [-0.1, -0.05) is 60.1 Å². The lowest BCUT2D eigenvalue weighted by Gasteiger charge is -2.72. The van der Waals surface area contributed by atoms with Gasteiger partial charge in [0.15, 0.2) is 31.1 Å². The lowest BCUT2D eigenvalue weighted by molar-refractivity contribution is -0.398. The van der Waals surface area contributed by atoms with Gasteiger partial charge in [0.25, 0.3) is 0 Å². The van der Waals surface area contributed by atoms with E-state index >= 15 is 0 Å². The highest BCUT2D eigenvalue weighted by atomic mass is 16.8. The van der Waals surface area contributed by atoms with Crippen LogP contribution in [0.2, 0.25) is 0 Å². The minimum Gasteiger partial charge on any atom is -0.479 e. The monoisotopic (exact) mass is 1030 g/mol. The number of carbonyl (C=O) groups excluding carboxylic acids is 1. The van der Waals surface area contributed by atoms with Crippen LogP contribution in [0.3, 0.4) is 0 Å². The Hall–Kier alpha value is -1.96. The average molecular weight is 1030 g/mol. The molecule has 0 aromatic rings. The van der Waals surface area contributed by atoms with E-state index in [-0.39, 0.29) is 33.5 Å². The van der Waals surface area contributed by atoms with E-state index in [9.17, 15) is 60.7 Å². The summed E-state index contributed by atoms with van der Waals surface area (Å²) in [5, 5.41) is 110. The predicted molar refractivity (Wildman–Crippen MR) is 251 cm³/mol. The van der Waals surface area contributed by atoms with Crippen LogP contribution < -0.4 is 0 Å². The molecule has 0 unspecified atom stereocenters. The minimum atomic E-state index is -2.17. The fraction of sp³-hybridized carbons (Fsp3) is 0.923. The lowest BCUT2D eigenvalue weighted by Crippen LogP contribution is -2.70. The molecule has 0 spiro atoms. The molecule has 3 saturated heterocycles. The third kappa shape index (κ3) is 8.93. The number of carboxylic acid groups (broad SMARTS) is 1. The summed E-state index contributed by atoms with van der Waals surface area (Å²) in [5.41, 5.74) is -0.121. The predicted octanol–water partition coefficient (Wildman–Crippen LogP) is 1.15. The zero-order valence-corrected chi connectivity index (χ0v) is 43.5. The summed E-state index contributed by atoms with van der Waals surface area (Å²) < 4.78 is 48.1. The molecular formula is C52H84O20. The number of aliphatic carboxylic acids is 1. The Morgan fingerprint density at radius 3 is 1.94 bits per heavy atom. The summed E-state index contributed by atoms with van der Waals surface area (Å²) >= 11 is 0. The number of fused-ring (bicyclic) bond motifs is 7. The Morgan fingerprint density at radius 2 is 1.33 bits per heavy atom. The highest BCUT2D eigenvalue weighted by molar-refractivity contribution is 5.75. The van der Waals surface area contributed by atoms with Crippen molar-refractivity contribution in [3.63, 3.8) is 0 Å². The molecule has 8 aliphatic rings. The molecule has 7 fully saturated rings. The van der Waals surface area contributed by atoms with Crippen molar-refractivity contribution in [2.75, 3.05) is 27.4 Å². The summed E-state index contributed by atoms with van der Waals surface area (Å²) in [6.07, 6.45) is -19.4. The van der Waals surface area contributed by atoms with Crippen LogP contribution in [0.15, 0.2) is 11.6 Å². The molecule has 3 aliphatic heterocycles. The summed E-state index contributed by atoms with van der Waals surface area (Å²) in [6, 6.07) is 0. The van der Waals surface area contributed by atoms with Crippen LogP contribution in [-0.4, -0.2) is 195 Å². The number of aliphatic hydroxyl groups is 9. The second kappa shape index (κ2) is 20.1. The summed E-state index contributed by atoms with van der Waals surface area (Å²) in [7, 11) is 2.60. The molecule has 8 rings (SSSR count). The number of esters is 1. The normalized spacial score (nSPS) is 52.6. The maximum atomic E-state index is 14.0. The van der Waals surface area contributed by atoms with Crippen LogP contribution in [-0.2, 0) is 47.5 Å². The number of allylic oxidation sites excluding steroid dienone is 2. The molecule has 20 nitrogen and oxygen atoms in total. The number of carboxylic acids is 1. The van der Waals surface area contributed by atoms with Crippen LogP contribution in [0.5, 0.6) is 0 Å². The van der Waals surface area contributed by atoms with E-state index in [1.54, 1.807) is 5.57 Å². The highest BCUT2D eigenvalue weighted by Gasteiger charge is 2.71. The minimum absolute atomic E-state index is 0.0685. The van der Waals surface area contributed by atoms with Crippen molar-refractivity contribution >= 4 is 11.9 Å². The first-order valence-electron chi connectivity index (χ1n) is 26.1. The Labute approximate surface area is 422 Å². The number of aliphatic hydroxyl groups excluding tert-OH is 9. The molecule has 0 aromatic heterocycles. The maximum absolute atomic E-state index is 14.0. The molecule has 4 saturated carbocycles. The molecule has 26 atom stereocenters. The molecule has 0 aromatic carbocycles. The molecule has 3 heterocycles. The first-order valence-corrected chi connectivity index (χ1v) is 26.1. The van der Waals surface area contributed by atoms with Gasteiger partial charge in [-0.3, -0.25) is 0 Å². The van der Waals surface area contributed by atoms with E-state index < -0.39 is 146 Å². The second-order valence-electron chi connectivity index (χ2n) is 25.0. The van der Waals surface area contributed by atoms with E-state index in [0.29, 0.717) is 18.8 Å². The fourth-order valence-corrected chi connectivity index (χ4v) is 16.0. The number of rotatable bonds is 12. The largest absolute Gasteiger partial charge is 0.479 e. The average Bonchev–Trinajstić information content (AvgIpc) is 3.33. The standard InChI is InChI=1S/C52H84O20/c1-23-30(55)32(57)36(61)44(67-23)70-39-33(58)31(56)27(21-53)68-45(39)71-40-35(60)34(59)38(42(62)63)69-46(40)72-41-24(37(65-9)43(64)66-10)19-49(5)28(50(41,6)22-54)13-14-52(8)29(49)12-11-25-26-20-47(2,3)15-16-48(26,4)17-18-51(25,52)7/h11,23-24,26-41,44-46,53-61H,12-22H2,1-10H3,(H,62,63)/t23-,24+,26-,27+,28+,29+,30-,31+,32+,33-,34-,35-,36+,37-,38-,39+,40+,41-,44-,45-,46-,48+,49-,50+,51+,52+/m0/s1. The van der Waals surface area contributed by atoms with Gasteiger partial charge in [-0.2, -0.15) is 0 Å². The Bertz CT molecular complexity index is 2010. The van der Waals surface area contributed by atoms with Gasteiger partial charge in [0.1, 0.15) is 61.0 Å². The Kier molecular flexibility index (Phi) is 15.7. The third-order valence-electron chi connectivity index (χ3n) is 20.5. The summed E-state index contributed by atoms with van der Waals surface area (Å²) in [4.78, 5) is 26.7. The van der Waals surface area contributed by atoms with Crippen molar-refractivity contribution in [3.05, 3.63) is 11.6 Å². The smallest absolute Gasteiger partial charge is 0.335 e. The second-order valence-corrected chi connectivity index (χ2v) is 25.0. The van der Waals surface area contributed by atoms with Gasteiger partial charge in [-0.05, 0) is 110 Å². The summed E-state index contributed by atoms with van der Waals surface area (Å²) in [6.45, 7) is 16.3. The summed E-state index contributed by atoms with van der Waals surface area (Å²) in [5.74, 6) is -3.07. The first kappa shape index (κ1) is 56.2. The number of carbonyl (C=O) groups is 2. The Balaban J connectivity index is 1.18. The molecule has 10 N–H and O–H groups in total. The van der Waals surface area contributed by atoms with Crippen LogP contribution in [0.25, 0.3) is 0 Å². The molecule has 5 aliphatic carbocycles. The van der Waals surface area contributed by atoms with Gasteiger partial charge in [-0.25, -0.2) is 9.59 Å². The van der Waals surface area contributed by atoms with Crippen molar-refractivity contribution in [2.45, 2.75) is 218 Å². The van der Waals surface area contributed by atoms with Crippen molar-refractivity contribution < 1.29 is 98.5 Å². The van der Waals surface area contributed by atoms with Crippen LogP contribution >= 0.6 is 0 Å². The van der Waals surface area contributed by atoms with Crippen molar-refractivity contribution in [3.8, 4) is 0 Å². The lowest BCUT2D eigenvalue weighted by atomic mass is 9.33. The number of hydrogen-bond donors (Lipinski definition) is 10. The van der Waals surface area contributed by atoms with Gasteiger partial charge < -0.3 is 89.0 Å². The third-order valence-corrected chi connectivity index (χ3v) is 20.5. The number of hydrogen-bond acceptors (Lipinski definition) is 19. The molecule has 0 radical (unpaired) electrons. The van der Waals surface area contributed by atoms with Crippen molar-refractivity contribution in [1.29, 1.82) is 0 Å². The number of ether oxygens (including phenoxy) is 8. The van der Waals surface area contributed by atoms with Gasteiger partial charge >= 0.3 is 11.9 Å². The molecular weight excluding hydrogens is 945 g/mol. The van der Waals surface area contributed by atoms with Gasteiger partial charge in [0, 0.05) is 18.4 Å². The van der Waals surface area contributed by atoms with E-state index in [4.69, 9.17) is 37.9 Å². The first-order chi connectivity index (χ1) is 33.6. The van der Waals surface area contributed by atoms with E-state index in [1.807, 2.05) is 6.92 Å². The quantitative estimate of drug-likeness (QED) is 0.0745.